The molecule has 0 aliphatic rings. The second kappa shape index (κ2) is 8.23. The SMILES string of the molecule is O=[C]=[Mn](=[C]=O)(=[C]=O)(=[C]=O)=[C]=O.[Br-].[Br-].[Mn+2]. The topological polar surface area (TPSA) is 85.3 Å². The first kappa shape index (κ1) is 23.6. The van der Waals surface area contributed by atoms with E-state index >= 15 is 0 Å². The Morgan fingerprint density at radius 1 is 0.571 bits per heavy atom. The summed E-state index contributed by atoms with van der Waals surface area (Å²) in [6, 6.07) is 0. The van der Waals surface area contributed by atoms with Crippen molar-refractivity contribution < 1.29 is 84.6 Å². The van der Waals surface area contributed by atoms with Gasteiger partial charge in [-0.05, 0) is 0 Å². The molecule has 0 spiro atoms. The fourth-order valence-electron chi connectivity index (χ4n) is 0.157. The number of halogens is 2. The zero-order valence-electron chi connectivity index (χ0n) is 6.05. The molecular formula is C5Br2Mn2O5. The summed E-state index contributed by atoms with van der Waals surface area (Å²) in [7, 11) is -5.47. The summed E-state index contributed by atoms with van der Waals surface area (Å²) in [6.07, 6.45) is 0. The van der Waals surface area contributed by atoms with Crippen LogP contribution in [-0.4, -0.2) is 23.9 Å². The van der Waals surface area contributed by atoms with Crippen molar-refractivity contribution in [2.75, 3.05) is 0 Å². The molecule has 0 aromatic carbocycles. The summed E-state index contributed by atoms with van der Waals surface area (Å²) < 4.78 is 0. The second-order valence-corrected chi connectivity index (χ2v) is 5.49. The molecule has 0 unspecified atom stereocenters. The van der Waals surface area contributed by atoms with Crippen LogP contribution in [0.15, 0.2) is 0 Å². The summed E-state index contributed by atoms with van der Waals surface area (Å²) in [5.41, 5.74) is 0. The Hall–Kier alpha value is -0.101. The van der Waals surface area contributed by atoms with E-state index < -0.39 is 9.60 Å². The molecule has 78 valence electrons. The van der Waals surface area contributed by atoms with Crippen LogP contribution in [0.5, 0.6) is 0 Å². The Kier molecular flexibility index (Phi) is 13.9. The van der Waals surface area contributed by atoms with Crippen LogP contribution in [0.2, 0.25) is 0 Å². The van der Waals surface area contributed by atoms with E-state index in [1.54, 1.807) is 0 Å². The third-order valence-corrected chi connectivity index (χ3v) is 3.18. The van der Waals surface area contributed by atoms with Crippen molar-refractivity contribution >= 4 is 23.9 Å². The molecule has 0 bridgehead atoms. The maximum absolute atomic E-state index is 9.97. The third kappa shape index (κ3) is 3.57. The molecule has 0 aromatic rings. The quantitative estimate of drug-likeness (QED) is 0.371. The molecule has 0 aromatic heterocycles. The minimum atomic E-state index is -5.47. The van der Waals surface area contributed by atoms with E-state index in [0.717, 1.165) is 23.9 Å². The fourth-order valence-corrected chi connectivity index (χ4v) is 0.649. The Morgan fingerprint density at radius 3 is 0.714 bits per heavy atom. The van der Waals surface area contributed by atoms with Gasteiger partial charge < -0.3 is 34.0 Å². The van der Waals surface area contributed by atoms with Crippen molar-refractivity contribution in [2.24, 2.45) is 0 Å². The molecule has 1 radical (unpaired) electrons. The molecule has 0 heterocycles. The Labute approximate surface area is 108 Å². The van der Waals surface area contributed by atoms with Crippen molar-refractivity contribution in [3.63, 3.8) is 0 Å². The average molecular weight is 410 g/mol. The Balaban J connectivity index is -0.000000167. The van der Waals surface area contributed by atoms with Crippen LogP contribution in [0.1, 0.15) is 0 Å². The number of rotatable bonds is 0. The number of carbonyl (C=O) groups excluding carboxylic acids is 5. The predicted octanol–water partition coefficient (Wildman–Crippen LogP) is -7.98. The first-order chi connectivity index (χ1) is 5.12. The molecule has 0 aliphatic heterocycles. The van der Waals surface area contributed by atoms with Crippen LogP contribution >= 0.6 is 0 Å². The molecule has 0 amide bonds. The monoisotopic (exact) mass is 408 g/mol. The summed E-state index contributed by atoms with van der Waals surface area (Å²) in [5, 5.41) is 0. The smallest absolute Gasteiger partial charge is 1.00 e. The molecule has 9 heteroatoms. The summed E-state index contributed by atoms with van der Waals surface area (Å²) >= 11 is 0. The number of hydrogen-bond acceptors (Lipinski definition) is 5. The van der Waals surface area contributed by atoms with Gasteiger partial charge in [0, 0.05) is 0 Å². The predicted molar refractivity (Wildman–Crippen MR) is 28.5 cm³/mol. The van der Waals surface area contributed by atoms with Crippen molar-refractivity contribution in [3.8, 4) is 0 Å². The molecule has 0 rings (SSSR count). The van der Waals surface area contributed by atoms with E-state index in [0.29, 0.717) is 0 Å². The van der Waals surface area contributed by atoms with Gasteiger partial charge in [-0.1, -0.05) is 0 Å². The summed E-state index contributed by atoms with van der Waals surface area (Å²) in [6.45, 7) is 0. The molecule has 5 nitrogen and oxygen atoms in total. The molecular weight excluding hydrogens is 410 g/mol. The van der Waals surface area contributed by atoms with Gasteiger partial charge in [-0.3, -0.25) is 0 Å². The zero-order valence-corrected chi connectivity index (χ0v) is 11.6. The minimum Gasteiger partial charge on any atom is -1.00 e. The van der Waals surface area contributed by atoms with E-state index in [-0.39, 0.29) is 51.0 Å². The van der Waals surface area contributed by atoms with Gasteiger partial charge in [0.15, 0.2) is 0 Å². The fraction of sp³-hybridized carbons (Fsp3) is 0. The van der Waals surface area contributed by atoms with Gasteiger partial charge in [0.25, 0.3) is 0 Å². The van der Waals surface area contributed by atoms with Gasteiger partial charge in [0.05, 0.1) is 0 Å². The van der Waals surface area contributed by atoms with Crippen LogP contribution in [0, 0.1) is 0 Å². The molecule has 0 fully saturated rings. The molecule has 0 aliphatic carbocycles. The Bertz CT molecular complexity index is 562. The van der Waals surface area contributed by atoms with Gasteiger partial charge in [-0.2, -0.15) is 0 Å². The van der Waals surface area contributed by atoms with Gasteiger partial charge in [0.1, 0.15) is 0 Å². The molecule has 14 heavy (non-hydrogen) atoms. The zero-order chi connectivity index (χ0) is 8.98. The molecule has 0 saturated carbocycles. The normalized spacial score (nSPS) is 7.50. The van der Waals surface area contributed by atoms with Crippen molar-refractivity contribution in [1.82, 2.24) is 0 Å². The van der Waals surface area contributed by atoms with Gasteiger partial charge in [0.2, 0.25) is 0 Å². The third-order valence-electron chi connectivity index (χ3n) is 0.772. The van der Waals surface area contributed by atoms with E-state index in [2.05, 4.69) is 0 Å². The second-order valence-electron chi connectivity index (χ2n) is 1.33. The van der Waals surface area contributed by atoms with Gasteiger partial charge in [-0.25, -0.2) is 0 Å². The molecule has 0 N–H and O–H groups in total. The van der Waals surface area contributed by atoms with Crippen LogP contribution in [0.3, 0.4) is 0 Å². The van der Waals surface area contributed by atoms with Crippen LogP contribution in [0.25, 0.3) is 0 Å². The first-order valence-electron chi connectivity index (χ1n) is 1.97. The standard InChI is InChI=1S/5CO.2BrH.2Mn/c5*1-2;;;;/h;;;;;2*1H;;/q;;;;;;;;+2/p-2. The average Bonchev–Trinajstić information content (AvgIpc) is 2.12. The minimum absolute atomic E-state index is 0. The molecule has 0 atom stereocenters. The Morgan fingerprint density at radius 2 is 0.714 bits per heavy atom. The maximum atomic E-state index is 9.97. The van der Waals surface area contributed by atoms with Crippen LogP contribution in [-0.2, 0) is 50.6 Å². The largest absolute Gasteiger partial charge is 2.00 e. The van der Waals surface area contributed by atoms with E-state index in [4.69, 9.17) is 0 Å². The van der Waals surface area contributed by atoms with Crippen molar-refractivity contribution in [1.29, 1.82) is 0 Å². The van der Waals surface area contributed by atoms with Gasteiger partial charge in [-0.15, -0.1) is 0 Å². The maximum Gasteiger partial charge on any atom is 2.00 e. The van der Waals surface area contributed by atoms with Crippen LogP contribution in [0.4, 0.5) is 0 Å². The van der Waals surface area contributed by atoms with E-state index in [1.807, 2.05) is 0 Å². The number of hydrogen-bond donors (Lipinski definition) is 0. The van der Waals surface area contributed by atoms with E-state index in [9.17, 15) is 24.0 Å². The molecule has 0 saturated heterocycles. The van der Waals surface area contributed by atoms with Crippen molar-refractivity contribution in [2.45, 2.75) is 0 Å². The summed E-state index contributed by atoms with van der Waals surface area (Å²) in [5.74, 6) is 0. The van der Waals surface area contributed by atoms with E-state index in [1.165, 1.54) is 0 Å². The van der Waals surface area contributed by atoms with Crippen molar-refractivity contribution in [3.05, 3.63) is 0 Å². The first-order valence-corrected chi connectivity index (χ1v) is 4.92. The van der Waals surface area contributed by atoms with Gasteiger partial charge >= 0.3 is 74.6 Å². The summed E-state index contributed by atoms with van der Waals surface area (Å²) in [4.78, 5) is 53.5. The van der Waals surface area contributed by atoms with Crippen LogP contribution < -0.4 is 34.0 Å².